The molecule has 2 rings (SSSR count). The summed E-state index contributed by atoms with van der Waals surface area (Å²) in [6.45, 7) is 5.21. The average Bonchev–Trinajstić information content (AvgIpc) is 2.59. The minimum absolute atomic E-state index is 0.104. The minimum Gasteiger partial charge on any atom is -0.481 e. The Bertz CT molecular complexity index is 908. The summed E-state index contributed by atoms with van der Waals surface area (Å²) in [5.74, 6) is -3.00. The third-order valence-corrected chi connectivity index (χ3v) is 4.02. The van der Waals surface area contributed by atoms with Gasteiger partial charge in [0, 0.05) is 18.3 Å². The molecule has 2 aromatic rings. The molecule has 8 heteroatoms. The summed E-state index contributed by atoms with van der Waals surface area (Å²) in [6, 6.07) is 7.05. The highest BCUT2D eigenvalue weighted by Crippen LogP contribution is 2.14. The van der Waals surface area contributed by atoms with E-state index < -0.39 is 34.7 Å². The van der Waals surface area contributed by atoms with Crippen LogP contribution in [0.4, 0.5) is 4.39 Å². The number of aryl methyl sites for hydroxylation is 1. The first-order valence-electron chi connectivity index (χ1n) is 8.57. The molecule has 0 saturated carbocycles. The summed E-state index contributed by atoms with van der Waals surface area (Å²) < 4.78 is 15.2. The molecule has 0 aliphatic heterocycles. The second-order valence-corrected chi connectivity index (χ2v) is 6.74. The highest BCUT2D eigenvalue weighted by Gasteiger charge is 2.22. The van der Waals surface area contributed by atoms with Gasteiger partial charge in [0.25, 0.3) is 5.91 Å². The molecule has 1 aromatic heterocycles. The smallest absolute Gasteiger partial charge is 0.308 e. The molecule has 1 heterocycles. The van der Waals surface area contributed by atoms with Gasteiger partial charge in [0.2, 0.25) is 5.43 Å². The van der Waals surface area contributed by atoms with Gasteiger partial charge in [-0.25, -0.2) is 9.07 Å². The molecule has 1 aromatic carbocycles. The van der Waals surface area contributed by atoms with Gasteiger partial charge in [-0.15, -0.1) is 0 Å². The van der Waals surface area contributed by atoms with Gasteiger partial charge in [0.15, 0.2) is 5.69 Å². The van der Waals surface area contributed by atoms with Crippen LogP contribution < -0.4 is 10.7 Å². The quantitative estimate of drug-likeness (QED) is 0.772. The van der Waals surface area contributed by atoms with Gasteiger partial charge in [-0.2, -0.15) is 5.10 Å². The van der Waals surface area contributed by atoms with E-state index in [2.05, 4.69) is 10.4 Å². The molecule has 0 spiro atoms. The number of benzene rings is 1. The van der Waals surface area contributed by atoms with E-state index in [1.54, 1.807) is 13.0 Å². The van der Waals surface area contributed by atoms with E-state index in [1.807, 2.05) is 13.8 Å². The number of carboxylic acids is 1. The molecule has 1 amide bonds. The van der Waals surface area contributed by atoms with Crippen LogP contribution in [0.3, 0.4) is 0 Å². The van der Waals surface area contributed by atoms with Crippen LogP contribution in [0.5, 0.6) is 0 Å². The van der Waals surface area contributed by atoms with E-state index in [0.717, 1.165) is 0 Å². The lowest BCUT2D eigenvalue weighted by molar-refractivity contribution is -0.142. The first-order valence-corrected chi connectivity index (χ1v) is 8.57. The van der Waals surface area contributed by atoms with E-state index in [-0.39, 0.29) is 18.2 Å². The van der Waals surface area contributed by atoms with Crippen molar-refractivity contribution in [3.8, 4) is 5.69 Å². The Balaban J connectivity index is 2.29. The normalized spacial score (nSPS) is 12.0. The third-order valence-electron chi connectivity index (χ3n) is 4.02. The Kier molecular flexibility index (Phi) is 6.44. The van der Waals surface area contributed by atoms with Crippen molar-refractivity contribution < 1.29 is 19.1 Å². The zero-order valence-electron chi connectivity index (χ0n) is 15.4. The van der Waals surface area contributed by atoms with E-state index in [4.69, 9.17) is 0 Å². The molecular formula is C19H22FN3O4. The van der Waals surface area contributed by atoms with Crippen molar-refractivity contribution >= 4 is 11.9 Å². The molecule has 0 aliphatic rings. The fourth-order valence-corrected chi connectivity index (χ4v) is 2.71. The van der Waals surface area contributed by atoms with E-state index in [9.17, 15) is 23.9 Å². The molecular weight excluding hydrogens is 353 g/mol. The Morgan fingerprint density at radius 3 is 2.56 bits per heavy atom. The molecule has 0 bridgehead atoms. The first kappa shape index (κ1) is 20.3. The van der Waals surface area contributed by atoms with Crippen molar-refractivity contribution in [3.63, 3.8) is 0 Å². The maximum absolute atomic E-state index is 14.0. The largest absolute Gasteiger partial charge is 0.481 e. The van der Waals surface area contributed by atoms with Crippen molar-refractivity contribution in [2.75, 3.05) is 6.54 Å². The number of nitrogens with zero attached hydrogens (tertiary/aromatic N) is 2. The Morgan fingerprint density at radius 2 is 1.96 bits per heavy atom. The van der Waals surface area contributed by atoms with Crippen LogP contribution in [0.1, 0.15) is 36.5 Å². The van der Waals surface area contributed by atoms with Crippen LogP contribution >= 0.6 is 0 Å². The van der Waals surface area contributed by atoms with Gasteiger partial charge >= 0.3 is 5.97 Å². The summed E-state index contributed by atoms with van der Waals surface area (Å²) in [6.07, 6.45) is 0.385. The predicted octanol–water partition coefficient (Wildman–Crippen LogP) is 2.16. The number of aromatic nitrogens is 2. The number of aliphatic carboxylic acids is 1. The van der Waals surface area contributed by atoms with Gasteiger partial charge in [-0.05, 0) is 31.4 Å². The first-order chi connectivity index (χ1) is 12.7. The maximum Gasteiger partial charge on any atom is 0.308 e. The molecule has 1 atom stereocenters. The molecule has 0 radical (unpaired) electrons. The van der Waals surface area contributed by atoms with Crippen LogP contribution in [-0.2, 0) is 4.79 Å². The van der Waals surface area contributed by atoms with Crippen molar-refractivity contribution in [3.05, 3.63) is 57.8 Å². The predicted molar refractivity (Wildman–Crippen MR) is 97.4 cm³/mol. The van der Waals surface area contributed by atoms with Crippen LogP contribution in [0.2, 0.25) is 0 Å². The number of rotatable bonds is 7. The zero-order valence-corrected chi connectivity index (χ0v) is 15.4. The van der Waals surface area contributed by atoms with Crippen molar-refractivity contribution in [2.24, 2.45) is 11.8 Å². The Labute approximate surface area is 155 Å². The fourth-order valence-electron chi connectivity index (χ4n) is 2.71. The van der Waals surface area contributed by atoms with Gasteiger partial charge < -0.3 is 10.4 Å². The SMILES string of the molecule is Cc1cc(=O)c(C(=O)NCC(CC(C)C)C(=O)O)nn1-c1ccccc1F. The second-order valence-electron chi connectivity index (χ2n) is 6.74. The molecule has 27 heavy (non-hydrogen) atoms. The van der Waals surface area contributed by atoms with Crippen LogP contribution in [0.15, 0.2) is 35.1 Å². The monoisotopic (exact) mass is 375 g/mol. The second kappa shape index (κ2) is 8.57. The molecule has 2 N–H and O–H groups in total. The third kappa shape index (κ3) is 4.99. The lowest BCUT2D eigenvalue weighted by Crippen LogP contribution is -2.37. The van der Waals surface area contributed by atoms with E-state index in [0.29, 0.717) is 12.1 Å². The molecule has 7 nitrogen and oxygen atoms in total. The maximum atomic E-state index is 14.0. The molecule has 0 saturated heterocycles. The highest BCUT2D eigenvalue weighted by molar-refractivity contribution is 5.92. The summed E-state index contributed by atoms with van der Waals surface area (Å²) in [7, 11) is 0. The number of halogens is 1. The number of hydrogen-bond acceptors (Lipinski definition) is 4. The van der Waals surface area contributed by atoms with Crippen molar-refractivity contribution in [1.82, 2.24) is 15.1 Å². The number of hydrogen-bond donors (Lipinski definition) is 2. The van der Waals surface area contributed by atoms with Gasteiger partial charge in [0.05, 0.1) is 5.92 Å². The fraction of sp³-hybridized carbons (Fsp3) is 0.368. The summed E-state index contributed by atoms with van der Waals surface area (Å²) in [4.78, 5) is 35.8. The van der Waals surface area contributed by atoms with Gasteiger partial charge in [0.1, 0.15) is 11.5 Å². The van der Waals surface area contributed by atoms with Crippen LogP contribution in [-0.4, -0.2) is 33.3 Å². The number of para-hydroxylation sites is 1. The number of amides is 1. The van der Waals surface area contributed by atoms with E-state index >= 15 is 0 Å². The molecule has 144 valence electrons. The minimum atomic E-state index is -1.02. The lowest BCUT2D eigenvalue weighted by atomic mass is 9.97. The summed E-state index contributed by atoms with van der Waals surface area (Å²) in [5, 5.41) is 15.7. The Morgan fingerprint density at radius 1 is 1.30 bits per heavy atom. The average molecular weight is 375 g/mol. The summed E-state index contributed by atoms with van der Waals surface area (Å²) >= 11 is 0. The Hall–Kier alpha value is -3.03. The van der Waals surface area contributed by atoms with Crippen molar-refractivity contribution in [1.29, 1.82) is 0 Å². The van der Waals surface area contributed by atoms with Crippen LogP contribution in [0, 0.1) is 24.6 Å². The number of carbonyl (C=O) groups is 2. The van der Waals surface area contributed by atoms with E-state index in [1.165, 1.54) is 28.9 Å². The molecule has 1 unspecified atom stereocenters. The number of carboxylic acid groups (broad SMARTS) is 1. The van der Waals surface area contributed by atoms with Crippen LogP contribution in [0.25, 0.3) is 5.69 Å². The summed E-state index contributed by atoms with van der Waals surface area (Å²) in [5.41, 5.74) is -0.567. The highest BCUT2D eigenvalue weighted by atomic mass is 19.1. The van der Waals surface area contributed by atoms with Gasteiger partial charge in [-0.1, -0.05) is 26.0 Å². The topological polar surface area (TPSA) is 101 Å². The number of nitrogens with one attached hydrogen (secondary N) is 1. The van der Waals surface area contributed by atoms with Crippen molar-refractivity contribution in [2.45, 2.75) is 27.2 Å². The standard InChI is InChI=1S/C19H22FN3O4/c1-11(2)8-13(19(26)27)10-21-18(25)17-16(24)9-12(3)23(22-17)15-7-5-4-6-14(15)20/h4-7,9,11,13H,8,10H2,1-3H3,(H,21,25)(H,26,27). The number of carbonyl (C=O) groups excluding carboxylic acids is 1. The molecule has 0 fully saturated rings. The van der Waals surface area contributed by atoms with Gasteiger partial charge in [-0.3, -0.25) is 14.4 Å². The zero-order chi connectivity index (χ0) is 20.1. The lowest BCUT2D eigenvalue weighted by Gasteiger charge is -2.16. The molecule has 0 aliphatic carbocycles.